The number of anilines is 1. The van der Waals surface area contributed by atoms with Gasteiger partial charge in [-0.05, 0) is 30.2 Å². The van der Waals surface area contributed by atoms with Crippen molar-refractivity contribution in [1.82, 2.24) is 0 Å². The smallest absolute Gasteiger partial charge is 0.258 e. The highest BCUT2D eigenvalue weighted by molar-refractivity contribution is 6.13. The highest BCUT2D eigenvalue weighted by Crippen LogP contribution is 2.37. The van der Waals surface area contributed by atoms with Gasteiger partial charge in [-0.25, -0.2) is 0 Å². The third kappa shape index (κ3) is 2.82. The fourth-order valence-electron chi connectivity index (χ4n) is 3.41. The van der Waals surface area contributed by atoms with Gasteiger partial charge in [0.15, 0.2) is 0 Å². The molecule has 3 nitrogen and oxygen atoms in total. The fourth-order valence-corrected chi connectivity index (χ4v) is 3.41. The lowest BCUT2D eigenvalue weighted by Gasteiger charge is -2.37. The molecule has 128 valence electrons. The number of amides is 1. The Kier molecular flexibility index (Phi) is 4.13. The Morgan fingerprint density at radius 3 is 1.96 bits per heavy atom. The summed E-state index contributed by atoms with van der Waals surface area (Å²) in [6.07, 6.45) is 0.573. The molecule has 1 aliphatic heterocycles. The summed E-state index contributed by atoms with van der Waals surface area (Å²) in [5.74, 6) is -0.00502. The molecule has 4 rings (SSSR count). The van der Waals surface area contributed by atoms with E-state index in [9.17, 15) is 4.79 Å². The van der Waals surface area contributed by atoms with Gasteiger partial charge in [0.25, 0.3) is 5.91 Å². The number of para-hydroxylation sites is 1. The lowest BCUT2D eigenvalue weighted by atomic mass is 9.75. The number of carbonyl (C=O) groups excluding carboxylic acids is 1. The second-order valence-electron chi connectivity index (χ2n) is 6.74. The molecule has 0 radical (unpaired) electrons. The monoisotopic (exact) mass is 340 g/mol. The van der Waals surface area contributed by atoms with E-state index in [0.29, 0.717) is 6.42 Å². The number of hydrazone groups is 1. The van der Waals surface area contributed by atoms with E-state index in [4.69, 9.17) is 5.10 Å². The quantitative estimate of drug-likeness (QED) is 0.675. The summed E-state index contributed by atoms with van der Waals surface area (Å²) in [5, 5.41) is 6.28. The Labute approximate surface area is 153 Å². The predicted molar refractivity (Wildman–Crippen MR) is 105 cm³/mol. The van der Waals surface area contributed by atoms with Crippen LogP contribution in [0.2, 0.25) is 0 Å². The lowest BCUT2D eigenvalue weighted by Crippen LogP contribution is -2.48. The number of carbonyl (C=O) groups is 1. The van der Waals surface area contributed by atoms with Gasteiger partial charge in [-0.1, -0.05) is 78.9 Å². The predicted octanol–water partition coefficient (Wildman–Crippen LogP) is 4.79. The molecular formula is C23H20N2O. The summed E-state index contributed by atoms with van der Waals surface area (Å²) in [6, 6.07) is 29.7. The summed E-state index contributed by atoms with van der Waals surface area (Å²) >= 11 is 0. The fraction of sp³-hybridized carbons (Fsp3) is 0.130. The number of hydrogen-bond donors (Lipinski definition) is 0. The average Bonchev–Trinajstić information content (AvgIpc) is 2.72. The molecule has 3 aromatic rings. The van der Waals surface area contributed by atoms with Gasteiger partial charge in [0.05, 0.1) is 16.8 Å². The SMILES string of the molecule is CC1(c2ccccc2)CC(c2ccccc2)=NN(c2ccccc2)C1=O. The van der Waals surface area contributed by atoms with Crippen molar-refractivity contribution in [3.8, 4) is 0 Å². The molecule has 0 spiro atoms. The number of benzene rings is 3. The van der Waals surface area contributed by atoms with Crippen LogP contribution in [-0.4, -0.2) is 11.6 Å². The second-order valence-corrected chi connectivity index (χ2v) is 6.74. The molecule has 0 aliphatic carbocycles. The third-order valence-corrected chi connectivity index (χ3v) is 4.92. The first-order chi connectivity index (χ1) is 12.7. The van der Waals surface area contributed by atoms with Crippen molar-refractivity contribution in [3.63, 3.8) is 0 Å². The lowest BCUT2D eigenvalue weighted by molar-refractivity contribution is -0.123. The van der Waals surface area contributed by atoms with Gasteiger partial charge in [-0.2, -0.15) is 10.1 Å². The van der Waals surface area contributed by atoms with Crippen LogP contribution in [0.15, 0.2) is 96.1 Å². The second kappa shape index (κ2) is 6.60. The topological polar surface area (TPSA) is 32.7 Å². The van der Waals surface area contributed by atoms with Crippen LogP contribution in [0.5, 0.6) is 0 Å². The molecule has 0 aromatic heterocycles. The molecule has 0 saturated carbocycles. The van der Waals surface area contributed by atoms with Gasteiger partial charge < -0.3 is 0 Å². The van der Waals surface area contributed by atoms with Crippen LogP contribution < -0.4 is 5.01 Å². The van der Waals surface area contributed by atoms with Crippen LogP contribution in [0, 0.1) is 0 Å². The number of nitrogens with zero attached hydrogens (tertiary/aromatic N) is 2. The third-order valence-electron chi connectivity index (χ3n) is 4.92. The van der Waals surface area contributed by atoms with Crippen LogP contribution in [0.1, 0.15) is 24.5 Å². The van der Waals surface area contributed by atoms with Crippen molar-refractivity contribution in [2.24, 2.45) is 5.10 Å². The maximum atomic E-state index is 13.4. The maximum Gasteiger partial charge on any atom is 0.258 e. The van der Waals surface area contributed by atoms with Crippen LogP contribution in [0.3, 0.4) is 0 Å². The Bertz CT molecular complexity index is 936. The molecule has 1 amide bonds. The van der Waals surface area contributed by atoms with Gasteiger partial charge in [-0.3, -0.25) is 4.79 Å². The van der Waals surface area contributed by atoms with E-state index >= 15 is 0 Å². The van der Waals surface area contributed by atoms with E-state index in [1.807, 2.05) is 97.9 Å². The summed E-state index contributed by atoms with van der Waals surface area (Å²) in [5.41, 5.74) is 3.09. The van der Waals surface area contributed by atoms with Crippen molar-refractivity contribution in [2.45, 2.75) is 18.8 Å². The summed E-state index contributed by atoms with van der Waals surface area (Å²) < 4.78 is 0. The van der Waals surface area contributed by atoms with Crippen molar-refractivity contribution in [3.05, 3.63) is 102 Å². The first-order valence-corrected chi connectivity index (χ1v) is 8.76. The molecule has 26 heavy (non-hydrogen) atoms. The van der Waals surface area contributed by atoms with Crippen molar-refractivity contribution >= 4 is 17.3 Å². The van der Waals surface area contributed by atoms with E-state index < -0.39 is 5.41 Å². The Morgan fingerprint density at radius 1 is 0.808 bits per heavy atom. The molecule has 0 fully saturated rings. The number of hydrogen-bond acceptors (Lipinski definition) is 2. The minimum atomic E-state index is -0.663. The molecule has 0 saturated heterocycles. The zero-order valence-corrected chi connectivity index (χ0v) is 14.7. The summed E-state index contributed by atoms with van der Waals surface area (Å²) in [6.45, 7) is 2.01. The van der Waals surface area contributed by atoms with Crippen LogP contribution in [-0.2, 0) is 10.2 Å². The molecule has 1 atom stereocenters. The van der Waals surface area contributed by atoms with Gasteiger partial charge in [0, 0.05) is 6.42 Å². The first-order valence-electron chi connectivity index (χ1n) is 8.76. The molecule has 1 aliphatic rings. The molecule has 1 heterocycles. The van der Waals surface area contributed by atoms with E-state index in [1.54, 1.807) is 5.01 Å². The minimum absolute atomic E-state index is 0.00502. The van der Waals surface area contributed by atoms with Crippen LogP contribution in [0.4, 0.5) is 5.69 Å². The van der Waals surface area contributed by atoms with E-state index in [1.165, 1.54) is 0 Å². The summed E-state index contributed by atoms with van der Waals surface area (Å²) in [7, 11) is 0. The average molecular weight is 340 g/mol. The van der Waals surface area contributed by atoms with E-state index in [2.05, 4.69) is 0 Å². The van der Waals surface area contributed by atoms with Crippen LogP contribution in [0.25, 0.3) is 0 Å². The Hall–Kier alpha value is -3.20. The molecule has 3 aromatic carbocycles. The van der Waals surface area contributed by atoms with Crippen LogP contribution >= 0.6 is 0 Å². The van der Waals surface area contributed by atoms with Crippen molar-refractivity contribution < 1.29 is 4.79 Å². The Morgan fingerprint density at radius 2 is 1.35 bits per heavy atom. The Balaban J connectivity index is 1.86. The zero-order valence-electron chi connectivity index (χ0n) is 14.7. The molecule has 1 unspecified atom stereocenters. The zero-order chi connectivity index (χ0) is 18.0. The minimum Gasteiger partial charge on any atom is -0.272 e. The molecule has 0 N–H and O–H groups in total. The largest absolute Gasteiger partial charge is 0.272 e. The highest BCUT2D eigenvalue weighted by Gasteiger charge is 2.43. The highest BCUT2D eigenvalue weighted by atomic mass is 16.2. The van der Waals surface area contributed by atoms with E-state index in [-0.39, 0.29) is 5.91 Å². The van der Waals surface area contributed by atoms with Crippen molar-refractivity contribution in [2.75, 3.05) is 5.01 Å². The molecular weight excluding hydrogens is 320 g/mol. The normalized spacial score (nSPS) is 20.0. The van der Waals surface area contributed by atoms with Gasteiger partial charge in [0.2, 0.25) is 0 Å². The first kappa shape index (κ1) is 16.3. The molecule has 0 bridgehead atoms. The standard InChI is InChI=1S/C23H20N2O/c1-23(19-13-7-3-8-14-19)17-21(18-11-5-2-6-12-18)24-25(22(23)26)20-15-9-4-10-16-20/h2-16H,17H2,1H3. The summed E-state index contributed by atoms with van der Waals surface area (Å²) in [4.78, 5) is 13.4. The van der Waals surface area contributed by atoms with Gasteiger partial charge in [-0.15, -0.1) is 0 Å². The van der Waals surface area contributed by atoms with Gasteiger partial charge >= 0.3 is 0 Å². The maximum absolute atomic E-state index is 13.4. The van der Waals surface area contributed by atoms with Gasteiger partial charge in [0.1, 0.15) is 0 Å². The molecule has 3 heteroatoms. The van der Waals surface area contributed by atoms with E-state index in [0.717, 1.165) is 22.5 Å². The van der Waals surface area contributed by atoms with Crippen molar-refractivity contribution in [1.29, 1.82) is 0 Å². The number of rotatable bonds is 3.